The van der Waals surface area contributed by atoms with Crippen LogP contribution in [-0.2, 0) is 6.42 Å². The van der Waals surface area contributed by atoms with E-state index < -0.39 is 5.97 Å². The highest BCUT2D eigenvalue weighted by Crippen LogP contribution is 2.20. The maximum atomic E-state index is 11.8. The Bertz CT molecular complexity index is 639. The molecule has 4 nitrogen and oxygen atoms in total. The van der Waals surface area contributed by atoms with Crippen molar-refractivity contribution in [2.75, 3.05) is 6.54 Å². The molecule has 6 heteroatoms. The Kier molecular flexibility index (Phi) is 4.92. The van der Waals surface area contributed by atoms with Gasteiger partial charge in [-0.15, -0.1) is 11.3 Å². The maximum absolute atomic E-state index is 11.8. The van der Waals surface area contributed by atoms with Gasteiger partial charge in [-0.05, 0) is 46.1 Å². The third kappa shape index (κ3) is 3.91. The zero-order valence-corrected chi connectivity index (χ0v) is 12.8. The van der Waals surface area contributed by atoms with Gasteiger partial charge in [0.05, 0.1) is 14.9 Å². The average Bonchev–Trinajstić information content (AvgIpc) is 2.86. The number of carboxylic acid groups (broad SMARTS) is 1. The number of rotatable bonds is 5. The second-order valence-corrected chi connectivity index (χ2v) is 6.44. The summed E-state index contributed by atoms with van der Waals surface area (Å²) in [5.41, 5.74) is 1.77. The van der Waals surface area contributed by atoms with E-state index >= 15 is 0 Å². The molecule has 1 aromatic heterocycles. The highest BCUT2D eigenvalue weighted by atomic mass is 79.9. The summed E-state index contributed by atoms with van der Waals surface area (Å²) >= 11 is 4.77. The van der Waals surface area contributed by atoms with Crippen LogP contribution in [0.25, 0.3) is 0 Å². The highest BCUT2D eigenvalue weighted by molar-refractivity contribution is 9.11. The summed E-state index contributed by atoms with van der Waals surface area (Å²) in [5.74, 6) is -1.07. The van der Waals surface area contributed by atoms with Gasteiger partial charge in [-0.3, -0.25) is 4.79 Å². The third-order valence-electron chi connectivity index (χ3n) is 2.70. The van der Waals surface area contributed by atoms with Gasteiger partial charge in [0.25, 0.3) is 5.91 Å². The van der Waals surface area contributed by atoms with Crippen molar-refractivity contribution in [3.8, 4) is 0 Å². The van der Waals surface area contributed by atoms with Crippen LogP contribution in [0.5, 0.6) is 0 Å². The molecular weight excluding hydrogens is 342 g/mol. The SMILES string of the molecule is O=C(O)c1cccc(CCNC(=O)c2csc(Br)c2)c1. The van der Waals surface area contributed by atoms with Gasteiger partial charge < -0.3 is 10.4 Å². The zero-order chi connectivity index (χ0) is 14.5. The van der Waals surface area contributed by atoms with Gasteiger partial charge >= 0.3 is 5.97 Å². The molecule has 0 bridgehead atoms. The van der Waals surface area contributed by atoms with E-state index in [9.17, 15) is 9.59 Å². The van der Waals surface area contributed by atoms with Crippen molar-refractivity contribution in [1.29, 1.82) is 0 Å². The van der Waals surface area contributed by atoms with Crippen LogP contribution in [0, 0.1) is 0 Å². The van der Waals surface area contributed by atoms with E-state index in [2.05, 4.69) is 21.2 Å². The number of aromatic carboxylic acids is 1. The van der Waals surface area contributed by atoms with E-state index in [1.165, 1.54) is 11.3 Å². The van der Waals surface area contributed by atoms with Crippen LogP contribution < -0.4 is 5.32 Å². The molecule has 2 N–H and O–H groups in total. The van der Waals surface area contributed by atoms with E-state index in [-0.39, 0.29) is 11.5 Å². The lowest BCUT2D eigenvalue weighted by Crippen LogP contribution is -2.25. The van der Waals surface area contributed by atoms with Gasteiger partial charge in [-0.1, -0.05) is 12.1 Å². The average molecular weight is 354 g/mol. The number of hydrogen-bond acceptors (Lipinski definition) is 3. The Morgan fingerprint density at radius 3 is 2.70 bits per heavy atom. The van der Waals surface area contributed by atoms with Crippen molar-refractivity contribution in [3.05, 3.63) is 56.2 Å². The molecule has 0 unspecified atom stereocenters. The van der Waals surface area contributed by atoms with Crippen molar-refractivity contribution in [1.82, 2.24) is 5.32 Å². The van der Waals surface area contributed by atoms with Gasteiger partial charge in [0.1, 0.15) is 0 Å². The molecule has 0 fully saturated rings. The van der Waals surface area contributed by atoms with Crippen LogP contribution in [0.2, 0.25) is 0 Å². The largest absolute Gasteiger partial charge is 0.478 e. The molecule has 0 aliphatic rings. The summed E-state index contributed by atoms with van der Waals surface area (Å²) in [6.07, 6.45) is 0.595. The molecular formula is C14H12BrNO3S. The molecule has 0 spiro atoms. The number of benzene rings is 1. The fourth-order valence-corrected chi connectivity index (χ4v) is 2.85. The first-order valence-corrected chi connectivity index (χ1v) is 7.58. The highest BCUT2D eigenvalue weighted by Gasteiger charge is 2.07. The Morgan fingerprint density at radius 2 is 2.05 bits per heavy atom. The Hall–Kier alpha value is -1.66. The summed E-state index contributed by atoms with van der Waals surface area (Å²) in [7, 11) is 0. The lowest BCUT2D eigenvalue weighted by Gasteiger charge is -2.05. The molecule has 1 amide bonds. The first-order valence-electron chi connectivity index (χ1n) is 5.91. The third-order valence-corrected chi connectivity index (χ3v) is 4.21. The number of carbonyl (C=O) groups is 2. The van der Waals surface area contributed by atoms with Crippen molar-refractivity contribution in [2.24, 2.45) is 0 Å². The number of halogens is 1. The molecule has 1 heterocycles. The summed E-state index contributed by atoms with van der Waals surface area (Å²) in [6, 6.07) is 8.49. The maximum Gasteiger partial charge on any atom is 0.335 e. The molecule has 20 heavy (non-hydrogen) atoms. The molecule has 0 radical (unpaired) electrons. The Morgan fingerprint density at radius 1 is 1.25 bits per heavy atom. The topological polar surface area (TPSA) is 66.4 Å². The smallest absolute Gasteiger partial charge is 0.335 e. The minimum atomic E-state index is -0.945. The van der Waals surface area contributed by atoms with Crippen molar-refractivity contribution in [3.63, 3.8) is 0 Å². The summed E-state index contributed by atoms with van der Waals surface area (Å²) < 4.78 is 0.914. The fraction of sp³-hybridized carbons (Fsp3) is 0.143. The first-order chi connectivity index (χ1) is 9.56. The fourth-order valence-electron chi connectivity index (χ4n) is 1.71. The lowest BCUT2D eigenvalue weighted by molar-refractivity contribution is 0.0696. The van der Waals surface area contributed by atoms with Crippen LogP contribution in [0.1, 0.15) is 26.3 Å². The van der Waals surface area contributed by atoms with Crippen LogP contribution in [-0.4, -0.2) is 23.5 Å². The number of nitrogens with one attached hydrogen (secondary N) is 1. The quantitative estimate of drug-likeness (QED) is 0.867. The van der Waals surface area contributed by atoms with Crippen LogP contribution in [0.15, 0.2) is 39.5 Å². The zero-order valence-electron chi connectivity index (χ0n) is 10.4. The van der Waals surface area contributed by atoms with Gasteiger partial charge in [-0.2, -0.15) is 0 Å². The monoisotopic (exact) mass is 353 g/mol. The van der Waals surface area contributed by atoms with Crippen molar-refractivity contribution in [2.45, 2.75) is 6.42 Å². The number of amides is 1. The Labute approximate surface area is 128 Å². The van der Waals surface area contributed by atoms with Gasteiger partial charge in [0.2, 0.25) is 0 Å². The van der Waals surface area contributed by atoms with Crippen molar-refractivity contribution < 1.29 is 14.7 Å². The summed E-state index contributed by atoms with van der Waals surface area (Å²) in [6.45, 7) is 0.468. The van der Waals surface area contributed by atoms with E-state index in [1.54, 1.807) is 29.6 Å². The van der Waals surface area contributed by atoms with Crippen LogP contribution in [0.3, 0.4) is 0 Å². The minimum absolute atomic E-state index is 0.124. The van der Waals surface area contributed by atoms with Gasteiger partial charge in [0, 0.05) is 11.9 Å². The molecule has 0 aliphatic heterocycles. The first kappa shape index (κ1) is 14.7. The van der Waals surface area contributed by atoms with E-state index in [0.717, 1.165) is 9.35 Å². The molecule has 0 saturated heterocycles. The minimum Gasteiger partial charge on any atom is -0.478 e. The van der Waals surface area contributed by atoms with E-state index in [1.807, 2.05) is 6.07 Å². The summed E-state index contributed by atoms with van der Waals surface area (Å²) in [4.78, 5) is 22.7. The number of carboxylic acids is 1. The molecule has 2 aromatic rings. The number of thiophene rings is 1. The molecule has 104 valence electrons. The Balaban J connectivity index is 1.88. The van der Waals surface area contributed by atoms with Gasteiger partial charge in [0.15, 0.2) is 0 Å². The van der Waals surface area contributed by atoms with E-state index in [4.69, 9.17) is 5.11 Å². The predicted octanol–water partition coefficient (Wildman–Crippen LogP) is 3.18. The van der Waals surface area contributed by atoms with Gasteiger partial charge in [-0.25, -0.2) is 4.79 Å². The molecule has 1 aromatic carbocycles. The predicted molar refractivity (Wildman–Crippen MR) is 81.5 cm³/mol. The van der Waals surface area contributed by atoms with Crippen LogP contribution in [0.4, 0.5) is 0 Å². The number of hydrogen-bond donors (Lipinski definition) is 2. The van der Waals surface area contributed by atoms with E-state index in [0.29, 0.717) is 18.5 Å². The molecule has 0 saturated carbocycles. The summed E-state index contributed by atoms with van der Waals surface area (Å²) in [5, 5.41) is 13.5. The molecule has 2 rings (SSSR count). The normalized spacial score (nSPS) is 10.2. The standard InChI is InChI=1S/C14H12BrNO3S/c15-12-7-11(8-20-12)13(17)16-5-4-9-2-1-3-10(6-9)14(18)19/h1-3,6-8H,4-5H2,(H,16,17)(H,18,19). The molecule has 0 aliphatic carbocycles. The lowest BCUT2D eigenvalue weighted by atomic mass is 10.1. The molecule has 0 atom stereocenters. The number of carbonyl (C=O) groups excluding carboxylic acids is 1. The van der Waals surface area contributed by atoms with Crippen molar-refractivity contribution >= 4 is 39.1 Å². The van der Waals surface area contributed by atoms with Crippen LogP contribution >= 0.6 is 27.3 Å². The second kappa shape index (κ2) is 6.67. The second-order valence-electron chi connectivity index (χ2n) is 4.15.